The van der Waals surface area contributed by atoms with Gasteiger partial charge in [0.1, 0.15) is 11.3 Å². The lowest BCUT2D eigenvalue weighted by atomic mass is 9.83. The van der Waals surface area contributed by atoms with Gasteiger partial charge in [0.2, 0.25) is 0 Å². The van der Waals surface area contributed by atoms with E-state index < -0.39 is 21.8 Å². The number of carbonyl (C=O) groups excluding carboxylic acids is 1. The van der Waals surface area contributed by atoms with Gasteiger partial charge in [-0.05, 0) is 54.3 Å². The minimum atomic E-state index is -0.664. The summed E-state index contributed by atoms with van der Waals surface area (Å²) < 4.78 is 23.5. The third-order valence-corrected chi connectivity index (χ3v) is 7.90. The number of piperidine rings is 1. The fraction of sp³-hybridized carbons (Fsp3) is 0.300. The average molecular weight is 574 g/mol. The lowest BCUT2D eigenvalue weighted by Gasteiger charge is -2.42. The van der Waals surface area contributed by atoms with Crippen LogP contribution in [0.1, 0.15) is 18.0 Å². The molecule has 2 atom stereocenters. The Labute approximate surface area is 238 Å². The standard InChI is InChI=1S/C30H27N3O9/c1-39-25-8-4-18(11-27(25)40-2)22-10-19-3-5-21(12-26(19)42-30(22)36)41-16-28(34)31-13-17-9-20(15-31)23-6-7-24(33(37)38)29(35)32(23)14-17/h3-8,10-12,17,20H,9,13-16H2,1-2H3/t17-,20+/m1/s1. The molecule has 12 nitrogen and oxygen atoms in total. The van der Waals surface area contributed by atoms with Gasteiger partial charge in [-0.15, -0.1) is 0 Å². The molecule has 4 aromatic rings. The number of methoxy groups -OCH3 is 2. The number of carbonyl (C=O) groups is 1. The van der Waals surface area contributed by atoms with E-state index >= 15 is 0 Å². The number of nitro groups is 1. The molecule has 2 aliphatic rings. The number of fused-ring (bicyclic) bond motifs is 5. The highest BCUT2D eigenvalue weighted by molar-refractivity contribution is 5.83. The largest absolute Gasteiger partial charge is 0.493 e. The smallest absolute Gasteiger partial charge is 0.344 e. The summed E-state index contributed by atoms with van der Waals surface area (Å²) >= 11 is 0. The van der Waals surface area contributed by atoms with E-state index in [1.54, 1.807) is 53.4 Å². The zero-order valence-electron chi connectivity index (χ0n) is 22.9. The summed E-state index contributed by atoms with van der Waals surface area (Å²) in [5.41, 5.74) is 0.424. The van der Waals surface area contributed by atoms with E-state index in [0.29, 0.717) is 64.7 Å². The van der Waals surface area contributed by atoms with E-state index in [-0.39, 0.29) is 24.3 Å². The van der Waals surface area contributed by atoms with Gasteiger partial charge in [-0.2, -0.15) is 0 Å². The first-order valence-electron chi connectivity index (χ1n) is 13.3. The van der Waals surface area contributed by atoms with Gasteiger partial charge < -0.3 is 28.1 Å². The third kappa shape index (κ3) is 4.84. The van der Waals surface area contributed by atoms with E-state index in [4.69, 9.17) is 18.6 Å². The summed E-state index contributed by atoms with van der Waals surface area (Å²) in [4.78, 5) is 50.8. The lowest BCUT2D eigenvalue weighted by Crippen LogP contribution is -2.50. The topological polar surface area (TPSA) is 143 Å². The second-order valence-electron chi connectivity index (χ2n) is 10.4. The number of hydrogen-bond acceptors (Lipinski definition) is 9. The van der Waals surface area contributed by atoms with E-state index in [1.807, 2.05) is 0 Å². The summed E-state index contributed by atoms with van der Waals surface area (Å²) in [5.74, 6) is 1.11. The van der Waals surface area contributed by atoms with Crippen molar-refractivity contribution in [2.45, 2.75) is 18.9 Å². The second-order valence-corrected chi connectivity index (χ2v) is 10.4. The Bertz CT molecular complexity index is 1840. The average Bonchev–Trinajstić information content (AvgIpc) is 2.99. The maximum atomic E-state index is 13.1. The van der Waals surface area contributed by atoms with Gasteiger partial charge in [0.15, 0.2) is 18.1 Å². The van der Waals surface area contributed by atoms with Crippen LogP contribution in [0.5, 0.6) is 17.2 Å². The zero-order chi connectivity index (χ0) is 29.5. The molecule has 0 saturated carbocycles. The van der Waals surface area contributed by atoms with Crippen LogP contribution in [0.15, 0.2) is 68.6 Å². The predicted molar refractivity (Wildman–Crippen MR) is 151 cm³/mol. The van der Waals surface area contributed by atoms with Crippen LogP contribution in [-0.4, -0.2) is 54.2 Å². The SMILES string of the molecule is COc1ccc(-c2cc3ccc(OCC(=O)N4C[C@H]5C[C@@H](C4)c4ccc([N+](=O)[O-])c(=O)n4C5)cc3oc2=O)cc1OC. The summed E-state index contributed by atoms with van der Waals surface area (Å²) in [6, 6.07) is 14.8. The molecular weight excluding hydrogens is 546 g/mol. The molecule has 0 spiro atoms. The summed E-state index contributed by atoms with van der Waals surface area (Å²) in [6.45, 7) is 0.929. The van der Waals surface area contributed by atoms with Gasteiger partial charge in [0.05, 0.1) is 24.7 Å². The van der Waals surface area contributed by atoms with Crippen LogP contribution in [0.2, 0.25) is 0 Å². The van der Waals surface area contributed by atoms with Crippen LogP contribution in [0.3, 0.4) is 0 Å². The number of hydrogen-bond donors (Lipinski definition) is 0. The number of aromatic nitrogens is 1. The van der Waals surface area contributed by atoms with Crippen molar-refractivity contribution in [2.24, 2.45) is 5.92 Å². The first-order chi connectivity index (χ1) is 20.2. The highest BCUT2D eigenvalue weighted by atomic mass is 16.6. The number of amides is 1. The van der Waals surface area contributed by atoms with Gasteiger partial charge in [-0.1, -0.05) is 6.07 Å². The first-order valence-corrected chi connectivity index (χ1v) is 13.3. The monoisotopic (exact) mass is 573 g/mol. The Balaban J connectivity index is 1.15. The molecule has 0 radical (unpaired) electrons. The second kappa shape index (κ2) is 10.7. The minimum absolute atomic E-state index is 0.00899. The fourth-order valence-electron chi connectivity index (χ4n) is 5.90. The number of nitrogens with zero attached hydrogens (tertiary/aromatic N) is 3. The van der Waals surface area contributed by atoms with Crippen LogP contribution >= 0.6 is 0 Å². The molecule has 0 N–H and O–H groups in total. The minimum Gasteiger partial charge on any atom is -0.493 e. The van der Waals surface area contributed by atoms with Crippen molar-refractivity contribution in [2.75, 3.05) is 33.9 Å². The molecule has 0 unspecified atom stereocenters. The summed E-state index contributed by atoms with van der Waals surface area (Å²) in [7, 11) is 3.05. The van der Waals surface area contributed by atoms with E-state index in [2.05, 4.69) is 0 Å². The van der Waals surface area contributed by atoms with Crippen molar-refractivity contribution in [3.05, 3.63) is 91.2 Å². The molecule has 4 heterocycles. The molecule has 1 saturated heterocycles. The molecule has 1 amide bonds. The van der Waals surface area contributed by atoms with Crippen LogP contribution in [0.25, 0.3) is 22.1 Å². The Hall–Kier alpha value is -5.13. The number of ether oxygens (including phenoxy) is 3. The van der Waals surface area contributed by atoms with E-state index in [1.165, 1.54) is 24.9 Å². The molecule has 216 valence electrons. The Morgan fingerprint density at radius 1 is 1.00 bits per heavy atom. The Kier molecular flexibility index (Phi) is 6.89. The van der Waals surface area contributed by atoms with Crippen molar-refractivity contribution >= 4 is 22.6 Å². The van der Waals surface area contributed by atoms with Crippen molar-refractivity contribution in [3.8, 4) is 28.4 Å². The zero-order valence-corrected chi connectivity index (χ0v) is 22.9. The molecule has 42 heavy (non-hydrogen) atoms. The van der Waals surface area contributed by atoms with Crippen molar-refractivity contribution in [1.29, 1.82) is 0 Å². The van der Waals surface area contributed by atoms with Crippen molar-refractivity contribution in [1.82, 2.24) is 9.47 Å². The Morgan fingerprint density at radius 3 is 2.57 bits per heavy atom. The number of pyridine rings is 1. The van der Waals surface area contributed by atoms with Gasteiger partial charge >= 0.3 is 16.9 Å². The number of rotatable bonds is 7. The maximum absolute atomic E-state index is 13.1. The normalized spacial score (nSPS) is 17.4. The highest BCUT2D eigenvalue weighted by Crippen LogP contribution is 2.36. The molecule has 2 bridgehead atoms. The third-order valence-electron chi connectivity index (χ3n) is 7.90. The molecule has 12 heteroatoms. The molecule has 0 aliphatic carbocycles. The van der Waals surface area contributed by atoms with E-state index in [0.717, 1.165) is 6.42 Å². The number of benzene rings is 2. The molecule has 6 rings (SSSR count). The van der Waals surface area contributed by atoms with Crippen LogP contribution in [0, 0.1) is 16.0 Å². The molecule has 2 aliphatic heterocycles. The highest BCUT2D eigenvalue weighted by Gasteiger charge is 2.37. The molecule has 2 aromatic carbocycles. The molecular formula is C30H27N3O9. The quantitative estimate of drug-likeness (QED) is 0.184. The van der Waals surface area contributed by atoms with Crippen molar-refractivity contribution in [3.63, 3.8) is 0 Å². The predicted octanol–water partition coefficient (Wildman–Crippen LogP) is 3.57. The van der Waals surface area contributed by atoms with Crippen LogP contribution < -0.4 is 25.4 Å². The van der Waals surface area contributed by atoms with Gasteiger partial charge in [0.25, 0.3) is 5.91 Å². The first kappa shape index (κ1) is 27.1. The van der Waals surface area contributed by atoms with Gasteiger partial charge in [-0.25, -0.2) is 4.79 Å². The van der Waals surface area contributed by atoms with E-state index in [9.17, 15) is 24.5 Å². The van der Waals surface area contributed by atoms with Crippen LogP contribution in [-0.2, 0) is 11.3 Å². The van der Waals surface area contributed by atoms with Crippen molar-refractivity contribution < 1.29 is 28.3 Å². The lowest BCUT2D eigenvalue weighted by molar-refractivity contribution is -0.386. The van der Waals surface area contributed by atoms with Gasteiger partial charge in [0, 0.05) is 48.8 Å². The van der Waals surface area contributed by atoms with Crippen LogP contribution in [0.4, 0.5) is 5.69 Å². The summed E-state index contributed by atoms with van der Waals surface area (Å²) in [6.07, 6.45) is 0.802. The molecule has 2 aromatic heterocycles. The number of likely N-dealkylation sites (tertiary alicyclic amines) is 1. The van der Waals surface area contributed by atoms with Gasteiger partial charge in [-0.3, -0.25) is 19.7 Å². The maximum Gasteiger partial charge on any atom is 0.344 e. The fourth-order valence-corrected chi connectivity index (χ4v) is 5.90. The molecule has 1 fully saturated rings. The summed E-state index contributed by atoms with van der Waals surface area (Å²) in [5, 5.41) is 11.9. The Morgan fingerprint density at radius 2 is 1.81 bits per heavy atom.